The highest BCUT2D eigenvalue weighted by Crippen LogP contribution is 2.35. The van der Waals surface area contributed by atoms with Crippen molar-refractivity contribution < 1.29 is 0 Å². The largest absolute Gasteiger partial charge is 0.398 e. The minimum Gasteiger partial charge on any atom is -0.398 e. The zero-order valence-electron chi connectivity index (χ0n) is 16.4. The molecule has 4 rings (SSSR count). The minimum absolute atomic E-state index is 0.395. The van der Waals surface area contributed by atoms with Gasteiger partial charge in [-0.3, -0.25) is 10.1 Å². The van der Waals surface area contributed by atoms with Gasteiger partial charge >= 0.3 is 0 Å². The number of hydrogen-bond donors (Lipinski definition) is 2. The smallest absolute Gasteiger partial charge is 0.140 e. The lowest BCUT2D eigenvalue weighted by Crippen LogP contribution is -2.47. The van der Waals surface area contributed by atoms with Crippen molar-refractivity contribution in [2.75, 3.05) is 23.7 Å². The second-order valence-electron chi connectivity index (χ2n) is 7.78. The summed E-state index contributed by atoms with van der Waals surface area (Å²) in [6, 6.07) is 2.77. The number of nitrogens with two attached hydrogens (primary N) is 1. The van der Waals surface area contributed by atoms with Crippen LogP contribution in [0.25, 0.3) is 0 Å². The number of nitrogens with zero attached hydrogens (tertiary/aromatic N) is 5. The SMILES string of the molecule is CCn1ncc2c1CN(C1CCN(C(C)C)CC1)c1nccc(N)c1C2=N. The first-order valence-corrected chi connectivity index (χ1v) is 9.90. The van der Waals surface area contributed by atoms with Crippen LogP contribution in [0, 0.1) is 5.41 Å². The van der Waals surface area contributed by atoms with Crippen molar-refractivity contribution in [3.05, 3.63) is 35.3 Å². The molecule has 1 saturated heterocycles. The molecule has 7 nitrogen and oxygen atoms in total. The van der Waals surface area contributed by atoms with Crippen LogP contribution < -0.4 is 10.6 Å². The van der Waals surface area contributed by atoms with Gasteiger partial charge in [0.1, 0.15) is 5.82 Å². The summed E-state index contributed by atoms with van der Waals surface area (Å²) in [5.41, 5.74) is 10.1. The minimum atomic E-state index is 0.395. The Morgan fingerprint density at radius 3 is 2.70 bits per heavy atom. The molecule has 7 heteroatoms. The second-order valence-corrected chi connectivity index (χ2v) is 7.78. The van der Waals surface area contributed by atoms with Crippen LogP contribution in [0.2, 0.25) is 0 Å². The monoisotopic (exact) mass is 367 g/mol. The van der Waals surface area contributed by atoms with E-state index in [1.807, 2.05) is 10.9 Å². The molecule has 0 spiro atoms. The Morgan fingerprint density at radius 1 is 1.30 bits per heavy atom. The lowest BCUT2D eigenvalue weighted by molar-refractivity contribution is 0.169. The highest BCUT2D eigenvalue weighted by molar-refractivity contribution is 6.17. The third-order valence-corrected chi connectivity index (χ3v) is 5.99. The highest BCUT2D eigenvalue weighted by Gasteiger charge is 2.34. The van der Waals surface area contributed by atoms with Crippen LogP contribution in [0.4, 0.5) is 11.5 Å². The van der Waals surface area contributed by atoms with Crippen molar-refractivity contribution in [1.82, 2.24) is 19.7 Å². The first-order valence-electron chi connectivity index (χ1n) is 9.90. The summed E-state index contributed by atoms with van der Waals surface area (Å²) in [7, 11) is 0. The van der Waals surface area contributed by atoms with E-state index in [1.165, 1.54) is 0 Å². The number of aryl methyl sites for hydroxylation is 1. The number of nitrogens with one attached hydrogen (secondary N) is 1. The van der Waals surface area contributed by atoms with Gasteiger partial charge in [0.15, 0.2) is 0 Å². The maximum Gasteiger partial charge on any atom is 0.140 e. The predicted molar refractivity (Wildman–Crippen MR) is 108 cm³/mol. The van der Waals surface area contributed by atoms with Gasteiger partial charge in [-0.1, -0.05) is 0 Å². The second kappa shape index (κ2) is 6.96. The fourth-order valence-electron chi connectivity index (χ4n) is 4.38. The maximum atomic E-state index is 8.81. The number of anilines is 2. The van der Waals surface area contributed by atoms with Gasteiger partial charge in [0.25, 0.3) is 0 Å². The molecule has 1 fully saturated rings. The molecule has 0 bridgehead atoms. The third-order valence-electron chi connectivity index (χ3n) is 5.99. The zero-order chi connectivity index (χ0) is 19.1. The van der Waals surface area contributed by atoms with Crippen molar-refractivity contribution in [1.29, 1.82) is 5.41 Å². The van der Waals surface area contributed by atoms with Crippen LogP contribution in [0.1, 0.15) is 50.4 Å². The standard InChI is InChI=1S/C20H29N7/c1-4-27-17-12-26(14-6-9-25(10-7-14)13(2)3)20-18(16(21)5-8-23-20)19(22)15(17)11-24-27/h5,8,11,13-14,22H,4,6-7,9-10,12H2,1-3H3,(H2,21,23). The lowest BCUT2D eigenvalue weighted by Gasteiger charge is -2.40. The first kappa shape index (κ1) is 18.0. The van der Waals surface area contributed by atoms with E-state index in [0.717, 1.165) is 61.7 Å². The van der Waals surface area contributed by atoms with Gasteiger partial charge in [-0.15, -0.1) is 0 Å². The summed E-state index contributed by atoms with van der Waals surface area (Å²) in [5.74, 6) is 0.849. The van der Waals surface area contributed by atoms with E-state index in [-0.39, 0.29) is 0 Å². The summed E-state index contributed by atoms with van der Waals surface area (Å²) < 4.78 is 2.00. The van der Waals surface area contributed by atoms with Crippen LogP contribution in [-0.4, -0.2) is 50.5 Å². The van der Waals surface area contributed by atoms with Crippen LogP contribution in [-0.2, 0) is 13.1 Å². The van der Waals surface area contributed by atoms with Gasteiger partial charge in [0, 0.05) is 49.2 Å². The van der Waals surface area contributed by atoms with Crippen LogP contribution in [0.5, 0.6) is 0 Å². The van der Waals surface area contributed by atoms with Crippen molar-refractivity contribution in [2.45, 2.75) is 58.8 Å². The van der Waals surface area contributed by atoms with Crippen molar-refractivity contribution in [3.63, 3.8) is 0 Å². The molecule has 2 aliphatic rings. The highest BCUT2D eigenvalue weighted by atomic mass is 15.3. The molecule has 0 atom stereocenters. The topological polar surface area (TPSA) is 87.1 Å². The van der Waals surface area contributed by atoms with Gasteiger partial charge < -0.3 is 15.5 Å². The predicted octanol–water partition coefficient (Wildman–Crippen LogP) is 2.49. The molecule has 0 aliphatic carbocycles. The average molecular weight is 368 g/mol. The van der Waals surface area contributed by atoms with E-state index in [2.05, 4.69) is 40.7 Å². The Labute approximate surface area is 160 Å². The third kappa shape index (κ3) is 3.00. The van der Waals surface area contributed by atoms with E-state index in [9.17, 15) is 0 Å². The molecule has 0 amide bonds. The van der Waals surface area contributed by atoms with E-state index < -0.39 is 0 Å². The molecule has 4 heterocycles. The molecule has 3 N–H and O–H groups in total. The van der Waals surface area contributed by atoms with E-state index in [0.29, 0.717) is 23.5 Å². The molecule has 2 aliphatic heterocycles. The van der Waals surface area contributed by atoms with Gasteiger partial charge in [0.05, 0.1) is 29.7 Å². The van der Waals surface area contributed by atoms with Gasteiger partial charge in [-0.05, 0) is 39.7 Å². The van der Waals surface area contributed by atoms with Gasteiger partial charge in [-0.25, -0.2) is 4.98 Å². The summed E-state index contributed by atoms with van der Waals surface area (Å²) in [4.78, 5) is 9.59. The van der Waals surface area contributed by atoms with Crippen LogP contribution in [0.15, 0.2) is 18.5 Å². The van der Waals surface area contributed by atoms with E-state index in [4.69, 9.17) is 11.1 Å². The Bertz CT molecular complexity index is 846. The molecule has 0 saturated carbocycles. The zero-order valence-corrected chi connectivity index (χ0v) is 16.4. The number of pyridine rings is 1. The molecular formula is C20H29N7. The number of fused-ring (bicyclic) bond motifs is 2. The normalized spacial score (nSPS) is 18.5. The van der Waals surface area contributed by atoms with E-state index >= 15 is 0 Å². The molecule has 27 heavy (non-hydrogen) atoms. The van der Waals surface area contributed by atoms with Crippen molar-refractivity contribution in [3.8, 4) is 0 Å². The van der Waals surface area contributed by atoms with E-state index in [1.54, 1.807) is 12.3 Å². The molecule has 2 aromatic heterocycles. The molecular weight excluding hydrogens is 338 g/mol. The average Bonchev–Trinajstić information content (AvgIpc) is 3.03. The summed E-state index contributed by atoms with van der Waals surface area (Å²) in [6.45, 7) is 10.3. The maximum absolute atomic E-state index is 8.81. The summed E-state index contributed by atoms with van der Waals surface area (Å²) in [6.07, 6.45) is 5.76. The number of nitrogen functional groups attached to an aromatic ring is 1. The Hall–Kier alpha value is -2.41. The molecule has 0 aromatic carbocycles. The van der Waals surface area contributed by atoms with Crippen molar-refractivity contribution in [2.24, 2.45) is 0 Å². The fourth-order valence-corrected chi connectivity index (χ4v) is 4.38. The summed E-state index contributed by atoms with van der Waals surface area (Å²) in [5, 5.41) is 13.3. The Balaban J connectivity index is 1.76. The summed E-state index contributed by atoms with van der Waals surface area (Å²) >= 11 is 0. The number of aromatic nitrogens is 3. The number of rotatable bonds is 3. The Morgan fingerprint density at radius 2 is 2.04 bits per heavy atom. The molecule has 144 valence electrons. The number of piperidine rings is 1. The van der Waals surface area contributed by atoms with Crippen molar-refractivity contribution >= 4 is 17.2 Å². The Kier molecular flexibility index (Phi) is 4.63. The first-order chi connectivity index (χ1) is 13.0. The fraction of sp³-hybridized carbons (Fsp3) is 0.550. The van der Waals surface area contributed by atoms with Gasteiger partial charge in [-0.2, -0.15) is 5.10 Å². The van der Waals surface area contributed by atoms with Gasteiger partial charge in [0.2, 0.25) is 0 Å². The van der Waals surface area contributed by atoms with Crippen LogP contribution >= 0.6 is 0 Å². The number of hydrogen-bond acceptors (Lipinski definition) is 6. The quantitative estimate of drug-likeness (QED) is 0.870. The lowest BCUT2D eigenvalue weighted by atomic mass is 10.0. The molecule has 0 radical (unpaired) electrons. The molecule has 0 unspecified atom stereocenters. The number of likely N-dealkylation sites (tertiary alicyclic amines) is 1. The molecule has 2 aromatic rings. The van der Waals surface area contributed by atoms with Crippen LogP contribution in [0.3, 0.4) is 0 Å².